The number of nitrogens with one attached hydrogen (secondary N) is 1. The third kappa shape index (κ3) is 5.85. The second kappa shape index (κ2) is 8.01. The Kier molecular flexibility index (Phi) is 6.97. The van der Waals surface area contributed by atoms with Crippen molar-refractivity contribution in [3.8, 4) is 0 Å². The number of halogens is 4. The molecule has 2 nitrogen and oxygen atoms in total. The van der Waals surface area contributed by atoms with E-state index >= 15 is 0 Å². The monoisotopic (exact) mass is 322 g/mol. The zero-order valence-electron chi connectivity index (χ0n) is 12.3. The van der Waals surface area contributed by atoms with E-state index in [1.54, 1.807) is 0 Å². The summed E-state index contributed by atoms with van der Waals surface area (Å²) in [7, 11) is 0. The van der Waals surface area contributed by atoms with Crippen molar-refractivity contribution in [1.29, 1.82) is 0 Å². The van der Waals surface area contributed by atoms with Crippen LogP contribution in [0.3, 0.4) is 0 Å². The van der Waals surface area contributed by atoms with E-state index in [0.717, 1.165) is 12.1 Å². The third-order valence-electron chi connectivity index (χ3n) is 3.47. The van der Waals surface area contributed by atoms with E-state index in [-0.39, 0.29) is 11.1 Å². The van der Waals surface area contributed by atoms with Gasteiger partial charge in [0.05, 0.1) is 10.6 Å². The van der Waals surface area contributed by atoms with Crippen LogP contribution in [-0.4, -0.2) is 12.6 Å². The summed E-state index contributed by atoms with van der Waals surface area (Å²) in [5.74, 6) is 0. The fourth-order valence-corrected chi connectivity index (χ4v) is 2.38. The van der Waals surface area contributed by atoms with Crippen molar-refractivity contribution in [1.82, 2.24) is 5.32 Å². The highest BCUT2D eigenvalue weighted by molar-refractivity contribution is 6.31. The molecule has 1 aromatic rings. The van der Waals surface area contributed by atoms with Crippen LogP contribution in [0.15, 0.2) is 18.2 Å². The Labute approximate surface area is 128 Å². The molecule has 1 unspecified atom stereocenters. The molecule has 0 spiro atoms. The van der Waals surface area contributed by atoms with Gasteiger partial charge in [-0.2, -0.15) is 13.2 Å². The number of nitrogens with two attached hydrogens (primary N) is 1. The number of hydrogen-bond donors (Lipinski definition) is 2. The Hall–Kier alpha value is -0.780. The first-order valence-corrected chi connectivity index (χ1v) is 7.49. The van der Waals surface area contributed by atoms with Crippen molar-refractivity contribution in [2.24, 2.45) is 5.73 Å². The van der Waals surface area contributed by atoms with Gasteiger partial charge in [0.15, 0.2) is 0 Å². The normalized spacial score (nSPS) is 19.9. The quantitative estimate of drug-likeness (QED) is 0.839. The summed E-state index contributed by atoms with van der Waals surface area (Å²) in [6.45, 7) is 5.32. The van der Waals surface area contributed by atoms with Crippen molar-refractivity contribution >= 4 is 11.6 Å². The van der Waals surface area contributed by atoms with Gasteiger partial charge in [0.25, 0.3) is 0 Å². The molecular formula is C15H22ClF3N2. The molecule has 1 heterocycles. The van der Waals surface area contributed by atoms with Crippen LogP contribution in [0.2, 0.25) is 5.02 Å². The van der Waals surface area contributed by atoms with Gasteiger partial charge in [-0.05, 0) is 50.4 Å². The lowest BCUT2D eigenvalue weighted by molar-refractivity contribution is -0.137. The first kappa shape index (κ1) is 18.3. The molecule has 1 aliphatic rings. The van der Waals surface area contributed by atoms with Gasteiger partial charge < -0.3 is 11.1 Å². The second-order valence-corrected chi connectivity index (χ2v) is 5.66. The molecule has 0 aromatic heterocycles. The molecule has 0 aliphatic carbocycles. The average molecular weight is 323 g/mol. The summed E-state index contributed by atoms with van der Waals surface area (Å²) in [5.41, 5.74) is 5.48. The molecule has 1 aliphatic heterocycles. The summed E-state index contributed by atoms with van der Waals surface area (Å²) in [6, 6.07) is 4.13. The fourth-order valence-electron chi connectivity index (χ4n) is 2.09. The predicted molar refractivity (Wildman–Crippen MR) is 80.4 cm³/mol. The Balaban J connectivity index is 0.000000304. The Morgan fingerprint density at radius 3 is 2.43 bits per heavy atom. The van der Waals surface area contributed by atoms with Crippen molar-refractivity contribution in [3.05, 3.63) is 34.3 Å². The van der Waals surface area contributed by atoms with E-state index in [9.17, 15) is 13.2 Å². The Morgan fingerprint density at radius 1 is 1.43 bits per heavy atom. The maximum atomic E-state index is 12.3. The van der Waals surface area contributed by atoms with E-state index in [4.69, 9.17) is 17.3 Å². The molecule has 0 amide bonds. The standard InChI is InChI=1S/C10H11ClF3N.C5H11N/c1-2-9(15)6-3-4-7(8(11)5-6)10(12,13)14;1-5-3-2-4-6-5/h3-5,9H,2,15H2,1H3;5-6H,2-4H2,1H3/t9-;/m1./s1. The first-order valence-electron chi connectivity index (χ1n) is 7.11. The number of benzene rings is 1. The minimum atomic E-state index is -4.41. The van der Waals surface area contributed by atoms with Gasteiger partial charge in [0.1, 0.15) is 0 Å². The molecule has 21 heavy (non-hydrogen) atoms. The minimum Gasteiger partial charge on any atom is -0.324 e. The molecule has 1 saturated heterocycles. The van der Waals surface area contributed by atoms with Crippen molar-refractivity contribution in [2.75, 3.05) is 6.54 Å². The van der Waals surface area contributed by atoms with E-state index in [1.165, 1.54) is 31.5 Å². The van der Waals surface area contributed by atoms with Gasteiger partial charge in [0, 0.05) is 12.1 Å². The van der Waals surface area contributed by atoms with Crippen LogP contribution in [0.5, 0.6) is 0 Å². The molecule has 1 fully saturated rings. The number of rotatable bonds is 2. The summed E-state index contributed by atoms with van der Waals surface area (Å²) in [5, 5.41) is 3.02. The Morgan fingerprint density at radius 2 is 2.10 bits per heavy atom. The molecule has 120 valence electrons. The third-order valence-corrected chi connectivity index (χ3v) is 3.79. The molecule has 3 N–H and O–H groups in total. The summed E-state index contributed by atoms with van der Waals surface area (Å²) < 4.78 is 37.0. The van der Waals surface area contributed by atoms with E-state index in [2.05, 4.69) is 12.2 Å². The lowest BCUT2D eigenvalue weighted by atomic mass is 10.0. The fraction of sp³-hybridized carbons (Fsp3) is 0.600. The molecule has 2 atom stereocenters. The predicted octanol–water partition coefficient (Wildman–Crippen LogP) is 4.53. The summed E-state index contributed by atoms with van der Waals surface area (Å²) in [6.07, 6.45) is -1.01. The van der Waals surface area contributed by atoms with Crippen LogP contribution in [0.4, 0.5) is 13.2 Å². The SMILES string of the molecule is CC1CCCN1.CC[C@@H](N)c1ccc(C(F)(F)F)c(Cl)c1. The van der Waals surface area contributed by atoms with E-state index in [1.807, 2.05) is 6.92 Å². The largest absolute Gasteiger partial charge is 0.417 e. The van der Waals surface area contributed by atoms with Crippen molar-refractivity contribution in [3.63, 3.8) is 0 Å². The minimum absolute atomic E-state index is 0.273. The van der Waals surface area contributed by atoms with Crippen molar-refractivity contribution in [2.45, 2.75) is 51.4 Å². The van der Waals surface area contributed by atoms with Crippen LogP contribution < -0.4 is 11.1 Å². The van der Waals surface area contributed by atoms with Crippen LogP contribution >= 0.6 is 11.6 Å². The number of hydrogen-bond acceptors (Lipinski definition) is 2. The molecule has 6 heteroatoms. The van der Waals surface area contributed by atoms with Gasteiger partial charge in [-0.1, -0.05) is 24.6 Å². The molecule has 2 rings (SSSR count). The summed E-state index contributed by atoms with van der Waals surface area (Å²) in [4.78, 5) is 0. The maximum Gasteiger partial charge on any atom is 0.417 e. The molecule has 1 aromatic carbocycles. The summed E-state index contributed by atoms with van der Waals surface area (Å²) >= 11 is 5.54. The van der Waals surface area contributed by atoms with Gasteiger partial charge >= 0.3 is 6.18 Å². The zero-order chi connectivity index (χ0) is 16.0. The van der Waals surface area contributed by atoms with Gasteiger partial charge in [-0.15, -0.1) is 0 Å². The highest BCUT2D eigenvalue weighted by atomic mass is 35.5. The van der Waals surface area contributed by atoms with Crippen LogP contribution in [0.25, 0.3) is 0 Å². The zero-order valence-corrected chi connectivity index (χ0v) is 13.1. The second-order valence-electron chi connectivity index (χ2n) is 5.25. The smallest absolute Gasteiger partial charge is 0.324 e. The van der Waals surface area contributed by atoms with Gasteiger partial charge in [0.2, 0.25) is 0 Å². The van der Waals surface area contributed by atoms with E-state index < -0.39 is 11.7 Å². The average Bonchev–Trinajstić information content (AvgIpc) is 2.88. The highest BCUT2D eigenvalue weighted by Crippen LogP contribution is 2.35. The maximum absolute atomic E-state index is 12.3. The van der Waals surface area contributed by atoms with Crippen LogP contribution in [0, 0.1) is 0 Å². The van der Waals surface area contributed by atoms with E-state index in [0.29, 0.717) is 12.0 Å². The number of alkyl halides is 3. The lowest BCUT2D eigenvalue weighted by Crippen LogP contribution is -2.16. The van der Waals surface area contributed by atoms with Crippen LogP contribution in [0.1, 0.15) is 50.3 Å². The Bertz CT molecular complexity index is 443. The molecule has 0 radical (unpaired) electrons. The van der Waals surface area contributed by atoms with Gasteiger partial charge in [-0.25, -0.2) is 0 Å². The topological polar surface area (TPSA) is 38.0 Å². The van der Waals surface area contributed by atoms with Crippen molar-refractivity contribution < 1.29 is 13.2 Å². The molecule has 0 saturated carbocycles. The molecule has 0 bridgehead atoms. The van der Waals surface area contributed by atoms with Gasteiger partial charge in [-0.3, -0.25) is 0 Å². The molecular weight excluding hydrogens is 301 g/mol. The lowest BCUT2D eigenvalue weighted by Gasteiger charge is -2.13. The first-order chi connectivity index (χ1) is 9.75. The highest BCUT2D eigenvalue weighted by Gasteiger charge is 2.33. The van der Waals surface area contributed by atoms with Crippen LogP contribution in [-0.2, 0) is 6.18 Å².